The van der Waals surface area contributed by atoms with E-state index in [0.717, 1.165) is 5.69 Å². The molecule has 0 unspecified atom stereocenters. The van der Waals surface area contributed by atoms with Crippen LogP contribution in [0.4, 0.5) is 5.69 Å². The Bertz CT molecular complexity index is 820. The largest absolute Gasteiger partial charge is 0.379 e. The van der Waals surface area contributed by atoms with E-state index in [1.165, 1.54) is 11.3 Å². The molecule has 19 heavy (non-hydrogen) atoms. The second kappa shape index (κ2) is 4.69. The first kappa shape index (κ1) is 11.7. The van der Waals surface area contributed by atoms with E-state index in [9.17, 15) is 9.59 Å². The van der Waals surface area contributed by atoms with Crippen molar-refractivity contribution in [2.75, 3.05) is 5.32 Å². The molecule has 0 radical (unpaired) electrons. The van der Waals surface area contributed by atoms with Gasteiger partial charge in [-0.15, -0.1) is 11.3 Å². The number of H-pyrrole nitrogens is 2. The number of thiazole rings is 1. The third-order valence-electron chi connectivity index (χ3n) is 2.77. The van der Waals surface area contributed by atoms with Crippen molar-refractivity contribution < 1.29 is 0 Å². The highest BCUT2D eigenvalue weighted by Gasteiger charge is 2.07. The quantitative estimate of drug-likeness (QED) is 0.671. The zero-order chi connectivity index (χ0) is 13.2. The Kier molecular flexibility index (Phi) is 2.88. The minimum Gasteiger partial charge on any atom is -0.379 e. The van der Waals surface area contributed by atoms with Gasteiger partial charge in [-0.2, -0.15) is 0 Å². The molecule has 96 valence electrons. The molecular weight excluding hydrogens is 264 g/mol. The zero-order valence-electron chi connectivity index (χ0n) is 9.77. The molecule has 2 aromatic heterocycles. The van der Waals surface area contributed by atoms with Crippen molar-refractivity contribution in [2.24, 2.45) is 0 Å². The Morgan fingerprint density at radius 2 is 2.05 bits per heavy atom. The highest BCUT2D eigenvalue weighted by Crippen LogP contribution is 2.17. The van der Waals surface area contributed by atoms with Crippen LogP contribution in [0.25, 0.3) is 10.8 Å². The number of nitrogens with one attached hydrogen (secondary N) is 3. The van der Waals surface area contributed by atoms with Gasteiger partial charge in [-0.3, -0.25) is 19.8 Å². The predicted molar refractivity (Wildman–Crippen MR) is 74.6 cm³/mol. The molecular formula is C12H10N4O2S. The lowest BCUT2D eigenvalue weighted by Gasteiger charge is -2.07. The number of rotatable bonds is 3. The van der Waals surface area contributed by atoms with E-state index in [-0.39, 0.29) is 11.1 Å². The average molecular weight is 274 g/mol. The van der Waals surface area contributed by atoms with Gasteiger partial charge in [0.1, 0.15) is 0 Å². The molecule has 0 aliphatic rings. The number of benzene rings is 1. The smallest absolute Gasteiger partial charge is 0.272 e. The molecule has 0 bridgehead atoms. The highest BCUT2D eigenvalue weighted by molar-refractivity contribution is 7.07. The molecule has 3 N–H and O–H groups in total. The molecule has 6 nitrogen and oxygen atoms in total. The van der Waals surface area contributed by atoms with Gasteiger partial charge in [0.2, 0.25) is 0 Å². The predicted octanol–water partition coefficient (Wildman–Crippen LogP) is 1.28. The summed E-state index contributed by atoms with van der Waals surface area (Å²) in [6.45, 7) is 0.509. The van der Waals surface area contributed by atoms with Gasteiger partial charge in [-0.25, -0.2) is 4.98 Å². The Morgan fingerprint density at radius 3 is 2.84 bits per heavy atom. The van der Waals surface area contributed by atoms with Crippen molar-refractivity contribution in [1.82, 2.24) is 15.2 Å². The van der Waals surface area contributed by atoms with Crippen LogP contribution in [-0.4, -0.2) is 15.2 Å². The molecule has 0 aliphatic heterocycles. The summed E-state index contributed by atoms with van der Waals surface area (Å²) in [5.74, 6) is 0. The monoisotopic (exact) mass is 274 g/mol. The number of hydrogen-bond donors (Lipinski definition) is 3. The molecule has 0 fully saturated rings. The van der Waals surface area contributed by atoms with Gasteiger partial charge < -0.3 is 5.32 Å². The number of nitrogens with zero attached hydrogens (tertiary/aromatic N) is 1. The van der Waals surface area contributed by atoms with Crippen molar-refractivity contribution in [3.63, 3.8) is 0 Å². The third kappa shape index (κ3) is 2.15. The molecule has 0 amide bonds. The summed E-state index contributed by atoms with van der Waals surface area (Å²) in [4.78, 5) is 27.6. The Labute approximate surface area is 111 Å². The zero-order valence-corrected chi connectivity index (χ0v) is 10.6. The van der Waals surface area contributed by atoms with E-state index in [1.54, 1.807) is 23.7 Å². The molecule has 3 rings (SSSR count). The minimum absolute atomic E-state index is 0.313. The summed E-state index contributed by atoms with van der Waals surface area (Å²) in [5, 5.41) is 10.4. The first-order valence-electron chi connectivity index (χ1n) is 5.60. The Hall–Kier alpha value is -2.41. The van der Waals surface area contributed by atoms with Crippen LogP contribution in [0.2, 0.25) is 0 Å². The van der Waals surface area contributed by atoms with Crippen molar-refractivity contribution >= 4 is 27.8 Å². The van der Waals surface area contributed by atoms with Gasteiger partial charge in [-0.05, 0) is 12.1 Å². The molecule has 3 aromatic rings. The van der Waals surface area contributed by atoms with Crippen LogP contribution in [-0.2, 0) is 6.54 Å². The fourth-order valence-electron chi connectivity index (χ4n) is 1.89. The molecule has 0 saturated heterocycles. The number of hydrogen-bond acceptors (Lipinski definition) is 5. The number of aromatic nitrogens is 3. The first-order valence-corrected chi connectivity index (χ1v) is 6.54. The van der Waals surface area contributed by atoms with Gasteiger partial charge in [0.05, 0.1) is 28.5 Å². The van der Waals surface area contributed by atoms with Crippen LogP contribution in [0.1, 0.15) is 5.69 Å². The molecule has 0 saturated carbocycles. The lowest BCUT2D eigenvalue weighted by atomic mass is 10.1. The number of aromatic amines is 2. The fraction of sp³-hybridized carbons (Fsp3) is 0.0833. The van der Waals surface area contributed by atoms with E-state index in [4.69, 9.17) is 0 Å². The lowest BCUT2D eigenvalue weighted by molar-refractivity contribution is 0.975. The van der Waals surface area contributed by atoms with Crippen LogP contribution in [0.3, 0.4) is 0 Å². The fourth-order valence-corrected chi connectivity index (χ4v) is 2.45. The third-order valence-corrected chi connectivity index (χ3v) is 3.40. The number of anilines is 1. The molecule has 7 heteroatoms. The second-order valence-corrected chi connectivity index (χ2v) is 4.69. The molecule has 0 spiro atoms. The van der Waals surface area contributed by atoms with E-state index < -0.39 is 0 Å². The molecule has 0 atom stereocenters. The molecule has 2 heterocycles. The van der Waals surface area contributed by atoms with Crippen LogP contribution >= 0.6 is 11.3 Å². The van der Waals surface area contributed by atoms with E-state index >= 15 is 0 Å². The molecule has 0 aliphatic carbocycles. The van der Waals surface area contributed by atoms with Crippen molar-refractivity contribution in [1.29, 1.82) is 0 Å². The number of fused-ring (bicyclic) bond motifs is 1. The van der Waals surface area contributed by atoms with Crippen molar-refractivity contribution in [3.8, 4) is 0 Å². The van der Waals surface area contributed by atoms with E-state index in [1.807, 2.05) is 5.38 Å². The minimum atomic E-state index is -0.323. The van der Waals surface area contributed by atoms with Crippen LogP contribution < -0.4 is 16.4 Å². The molecule has 1 aromatic carbocycles. The topological polar surface area (TPSA) is 90.6 Å². The van der Waals surface area contributed by atoms with Crippen LogP contribution in [0.5, 0.6) is 0 Å². The van der Waals surface area contributed by atoms with Gasteiger partial charge in [-0.1, -0.05) is 6.07 Å². The summed E-state index contributed by atoms with van der Waals surface area (Å²) in [7, 11) is 0. The van der Waals surface area contributed by atoms with Gasteiger partial charge >= 0.3 is 0 Å². The summed E-state index contributed by atoms with van der Waals surface area (Å²) < 4.78 is 0. The summed E-state index contributed by atoms with van der Waals surface area (Å²) >= 11 is 1.51. The van der Waals surface area contributed by atoms with Gasteiger partial charge in [0.25, 0.3) is 11.1 Å². The Morgan fingerprint density at radius 1 is 1.21 bits per heavy atom. The maximum absolute atomic E-state index is 11.8. The highest BCUT2D eigenvalue weighted by atomic mass is 32.1. The van der Waals surface area contributed by atoms with Crippen LogP contribution in [0, 0.1) is 0 Å². The SMILES string of the molecule is O=c1[nH][nH]c(=O)c2c(NCc3cscn3)cccc12. The standard InChI is InChI=1S/C12H10N4O2S/c17-11-8-2-1-3-9(10(8)12(18)16-15-11)13-4-7-5-19-6-14-7/h1-3,5-6,13H,4H2,(H,15,17)(H,16,18). The second-order valence-electron chi connectivity index (χ2n) is 3.97. The van der Waals surface area contributed by atoms with Crippen molar-refractivity contribution in [2.45, 2.75) is 6.54 Å². The maximum atomic E-state index is 11.8. The Balaban J connectivity index is 2.06. The summed E-state index contributed by atoms with van der Waals surface area (Å²) in [6.07, 6.45) is 0. The van der Waals surface area contributed by atoms with Gasteiger partial charge in [0, 0.05) is 11.1 Å². The summed E-state index contributed by atoms with van der Waals surface area (Å²) in [6, 6.07) is 5.13. The van der Waals surface area contributed by atoms with Crippen molar-refractivity contribution in [3.05, 3.63) is 55.5 Å². The lowest BCUT2D eigenvalue weighted by Crippen LogP contribution is -2.20. The normalized spacial score (nSPS) is 10.7. The summed E-state index contributed by atoms with van der Waals surface area (Å²) in [5.41, 5.74) is 2.63. The van der Waals surface area contributed by atoms with Gasteiger partial charge in [0.15, 0.2) is 0 Å². The van der Waals surface area contributed by atoms with E-state index in [0.29, 0.717) is 23.0 Å². The average Bonchev–Trinajstić information content (AvgIpc) is 2.94. The van der Waals surface area contributed by atoms with Crippen LogP contribution in [0.15, 0.2) is 38.7 Å². The first-order chi connectivity index (χ1) is 9.25. The maximum Gasteiger partial charge on any atom is 0.272 e. The van der Waals surface area contributed by atoms with E-state index in [2.05, 4.69) is 20.5 Å².